The van der Waals surface area contributed by atoms with Gasteiger partial charge in [-0.1, -0.05) is 11.6 Å². The number of pyridine rings is 1. The van der Waals surface area contributed by atoms with Crippen molar-refractivity contribution in [3.8, 4) is 0 Å². The van der Waals surface area contributed by atoms with E-state index in [-0.39, 0.29) is 5.91 Å². The van der Waals surface area contributed by atoms with Gasteiger partial charge in [-0.3, -0.25) is 4.79 Å². The predicted octanol–water partition coefficient (Wildman–Crippen LogP) is 3.33. The summed E-state index contributed by atoms with van der Waals surface area (Å²) in [6.45, 7) is 0. The number of nitrogens with zero attached hydrogens (tertiary/aromatic N) is 1. The molecule has 0 saturated heterocycles. The van der Waals surface area contributed by atoms with Crippen molar-refractivity contribution >= 4 is 44.9 Å². The number of halogens is 2. The molecule has 92 valence electrons. The highest BCUT2D eigenvalue weighted by Crippen LogP contribution is 2.23. The fraction of sp³-hybridized carbons (Fsp3) is 0. The summed E-state index contributed by atoms with van der Waals surface area (Å²) < 4.78 is 0.669. The largest absolute Gasteiger partial charge is 0.397 e. The molecule has 3 N–H and O–H groups in total. The number of carbonyl (C=O) groups excluding carboxylic acids is 1. The van der Waals surface area contributed by atoms with Gasteiger partial charge in [-0.2, -0.15) is 0 Å². The van der Waals surface area contributed by atoms with Crippen LogP contribution in [0.4, 0.5) is 11.5 Å². The lowest BCUT2D eigenvalue weighted by atomic mass is 10.2. The number of carbonyl (C=O) groups is 1. The van der Waals surface area contributed by atoms with Crippen LogP contribution in [0.2, 0.25) is 5.02 Å². The lowest BCUT2D eigenvalue weighted by Gasteiger charge is -2.05. The Labute approximate surface area is 117 Å². The minimum absolute atomic E-state index is 0.260. The van der Waals surface area contributed by atoms with E-state index >= 15 is 0 Å². The molecule has 0 aliphatic carbocycles. The zero-order valence-electron chi connectivity index (χ0n) is 9.15. The van der Waals surface area contributed by atoms with Crippen molar-refractivity contribution in [3.63, 3.8) is 0 Å². The lowest BCUT2D eigenvalue weighted by Crippen LogP contribution is -2.12. The number of hydrogen-bond donors (Lipinski definition) is 2. The Morgan fingerprint density at radius 1 is 1.33 bits per heavy atom. The Balaban J connectivity index is 2.16. The molecule has 0 radical (unpaired) electrons. The maximum absolute atomic E-state index is 11.9. The van der Waals surface area contributed by atoms with Gasteiger partial charge in [0.1, 0.15) is 5.82 Å². The molecular formula is C12H9BrClN3O. The number of hydrogen-bond acceptors (Lipinski definition) is 3. The first-order valence-electron chi connectivity index (χ1n) is 5.04. The number of rotatable bonds is 2. The number of benzene rings is 1. The average molecular weight is 327 g/mol. The number of anilines is 2. The zero-order chi connectivity index (χ0) is 13.1. The van der Waals surface area contributed by atoms with Crippen LogP contribution < -0.4 is 11.1 Å². The molecule has 1 amide bonds. The van der Waals surface area contributed by atoms with Gasteiger partial charge in [0, 0.05) is 10.0 Å². The van der Waals surface area contributed by atoms with Crippen molar-refractivity contribution < 1.29 is 4.79 Å². The highest BCUT2D eigenvalue weighted by Gasteiger charge is 2.08. The predicted molar refractivity (Wildman–Crippen MR) is 75.8 cm³/mol. The highest BCUT2D eigenvalue weighted by atomic mass is 79.9. The van der Waals surface area contributed by atoms with E-state index in [0.29, 0.717) is 26.6 Å². The number of nitrogens with two attached hydrogens (primary N) is 1. The third-order valence-corrected chi connectivity index (χ3v) is 3.42. The normalized spacial score (nSPS) is 10.1. The van der Waals surface area contributed by atoms with Crippen LogP contribution in [0.1, 0.15) is 10.4 Å². The van der Waals surface area contributed by atoms with E-state index in [9.17, 15) is 4.79 Å². The monoisotopic (exact) mass is 325 g/mol. The second kappa shape index (κ2) is 5.37. The fourth-order valence-electron chi connectivity index (χ4n) is 1.31. The molecule has 2 rings (SSSR count). The van der Waals surface area contributed by atoms with E-state index in [1.54, 1.807) is 30.3 Å². The summed E-state index contributed by atoms with van der Waals surface area (Å²) in [7, 11) is 0. The average Bonchev–Trinajstić information content (AvgIpc) is 2.35. The molecule has 2 aromatic rings. The molecule has 0 unspecified atom stereocenters. The first kappa shape index (κ1) is 12.9. The molecule has 1 heterocycles. The van der Waals surface area contributed by atoms with Crippen LogP contribution in [0.15, 0.2) is 41.0 Å². The fourth-order valence-corrected chi connectivity index (χ4v) is 1.80. The van der Waals surface area contributed by atoms with E-state index in [4.69, 9.17) is 17.3 Å². The first-order valence-corrected chi connectivity index (χ1v) is 6.21. The molecular weight excluding hydrogens is 318 g/mol. The second-order valence-corrected chi connectivity index (χ2v) is 4.82. The summed E-state index contributed by atoms with van der Waals surface area (Å²) in [5.41, 5.74) is 6.54. The van der Waals surface area contributed by atoms with Gasteiger partial charge >= 0.3 is 0 Å². The van der Waals surface area contributed by atoms with Crippen LogP contribution in [0.3, 0.4) is 0 Å². The van der Waals surface area contributed by atoms with Crippen LogP contribution in [0.5, 0.6) is 0 Å². The molecule has 1 aromatic carbocycles. The number of nitrogen functional groups attached to an aromatic ring is 1. The number of amides is 1. The van der Waals surface area contributed by atoms with Crippen molar-refractivity contribution in [2.24, 2.45) is 0 Å². The van der Waals surface area contributed by atoms with Crippen molar-refractivity contribution in [2.75, 3.05) is 11.1 Å². The molecule has 0 bridgehead atoms. The van der Waals surface area contributed by atoms with Gasteiger partial charge < -0.3 is 11.1 Å². The van der Waals surface area contributed by atoms with E-state index in [1.165, 1.54) is 6.20 Å². The SMILES string of the molecule is Nc1ccc(NC(=O)c2ccc(Cl)c(Br)c2)nc1. The van der Waals surface area contributed by atoms with Crippen LogP contribution >= 0.6 is 27.5 Å². The van der Waals surface area contributed by atoms with Crippen molar-refractivity contribution in [2.45, 2.75) is 0 Å². The molecule has 1 aromatic heterocycles. The molecule has 0 fully saturated rings. The quantitative estimate of drug-likeness (QED) is 0.889. The molecule has 6 heteroatoms. The summed E-state index contributed by atoms with van der Waals surface area (Å²) in [5, 5.41) is 3.22. The van der Waals surface area contributed by atoms with Gasteiger partial charge in [-0.15, -0.1) is 0 Å². The smallest absolute Gasteiger partial charge is 0.256 e. The van der Waals surface area contributed by atoms with Gasteiger partial charge in [0.15, 0.2) is 0 Å². The Morgan fingerprint density at radius 3 is 2.72 bits per heavy atom. The number of nitrogens with one attached hydrogen (secondary N) is 1. The standard InChI is InChI=1S/C12H9BrClN3O/c13-9-5-7(1-3-10(9)14)12(18)17-11-4-2-8(15)6-16-11/h1-6H,15H2,(H,16,17,18). The van der Waals surface area contributed by atoms with Crippen molar-refractivity contribution in [1.29, 1.82) is 0 Å². The molecule has 0 atom stereocenters. The van der Waals surface area contributed by atoms with Gasteiger partial charge in [-0.05, 0) is 46.3 Å². The molecule has 0 aliphatic heterocycles. The van der Waals surface area contributed by atoms with Crippen molar-refractivity contribution in [3.05, 3.63) is 51.6 Å². The Bertz CT molecular complexity index is 586. The Kier molecular flexibility index (Phi) is 3.84. The van der Waals surface area contributed by atoms with Crippen LogP contribution in [-0.4, -0.2) is 10.9 Å². The molecule has 0 saturated carbocycles. The van der Waals surface area contributed by atoms with Crippen LogP contribution in [0, 0.1) is 0 Å². The first-order chi connectivity index (χ1) is 8.56. The lowest BCUT2D eigenvalue weighted by molar-refractivity contribution is 0.102. The van der Waals surface area contributed by atoms with Gasteiger partial charge in [0.25, 0.3) is 5.91 Å². The van der Waals surface area contributed by atoms with Crippen LogP contribution in [-0.2, 0) is 0 Å². The summed E-state index contributed by atoms with van der Waals surface area (Å²) in [5.74, 6) is 0.185. The number of aromatic nitrogens is 1. The third kappa shape index (κ3) is 3.00. The van der Waals surface area contributed by atoms with E-state index in [1.807, 2.05) is 0 Å². The van der Waals surface area contributed by atoms with Crippen molar-refractivity contribution in [1.82, 2.24) is 4.98 Å². The topological polar surface area (TPSA) is 68.0 Å². The van der Waals surface area contributed by atoms with Gasteiger partial charge in [0.05, 0.1) is 16.9 Å². The molecule has 0 aliphatic rings. The zero-order valence-corrected chi connectivity index (χ0v) is 11.5. The van der Waals surface area contributed by atoms with Crippen LogP contribution in [0.25, 0.3) is 0 Å². The molecule has 0 spiro atoms. The van der Waals surface area contributed by atoms with Gasteiger partial charge in [-0.25, -0.2) is 4.98 Å². The minimum Gasteiger partial charge on any atom is -0.397 e. The third-order valence-electron chi connectivity index (χ3n) is 2.21. The highest BCUT2D eigenvalue weighted by molar-refractivity contribution is 9.10. The summed E-state index contributed by atoms with van der Waals surface area (Å²) in [6, 6.07) is 8.24. The summed E-state index contributed by atoms with van der Waals surface area (Å²) >= 11 is 9.12. The van der Waals surface area contributed by atoms with E-state index in [0.717, 1.165) is 0 Å². The molecule has 4 nitrogen and oxygen atoms in total. The van der Waals surface area contributed by atoms with E-state index in [2.05, 4.69) is 26.2 Å². The Morgan fingerprint density at radius 2 is 2.11 bits per heavy atom. The summed E-state index contributed by atoms with van der Waals surface area (Å²) in [6.07, 6.45) is 1.48. The minimum atomic E-state index is -0.260. The van der Waals surface area contributed by atoms with Gasteiger partial charge in [0.2, 0.25) is 0 Å². The maximum atomic E-state index is 11.9. The Hall–Kier alpha value is -1.59. The van der Waals surface area contributed by atoms with E-state index < -0.39 is 0 Å². The second-order valence-electron chi connectivity index (χ2n) is 3.56. The maximum Gasteiger partial charge on any atom is 0.256 e. The molecule has 18 heavy (non-hydrogen) atoms. The summed E-state index contributed by atoms with van der Waals surface area (Å²) in [4.78, 5) is 15.9.